The molecule has 0 radical (unpaired) electrons. The van der Waals surface area contributed by atoms with Gasteiger partial charge in [0.15, 0.2) is 0 Å². The van der Waals surface area contributed by atoms with Gasteiger partial charge in [-0.05, 0) is 80.5 Å². The smallest absolute Gasteiger partial charge is 0.122 e. The van der Waals surface area contributed by atoms with E-state index < -0.39 is 0 Å². The summed E-state index contributed by atoms with van der Waals surface area (Å²) in [7, 11) is 0. The van der Waals surface area contributed by atoms with Crippen LogP contribution in [0.25, 0.3) is 0 Å². The van der Waals surface area contributed by atoms with Crippen LogP contribution in [0, 0.1) is 17.8 Å². The first-order valence-corrected chi connectivity index (χ1v) is 10.2. The Labute approximate surface area is 147 Å². The number of nitrogens with zero attached hydrogens (tertiary/aromatic N) is 1. The van der Waals surface area contributed by atoms with Crippen molar-refractivity contribution in [1.82, 2.24) is 4.90 Å². The molecule has 1 aliphatic heterocycles. The number of fused-ring (bicyclic) bond motifs is 2. The number of likely N-dealkylation sites (tertiary alicyclic amines) is 1. The topological polar surface area (TPSA) is 12.5 Å². The summed E-state index contributed by atoms with van der Waals surface area (Å²) in [4.78, 5) is 2.83. The minimum atomic E-state index is 0.581. The maximum atomic E-state index is 6.11. The van der Waals surface area contributed by atoms with Crippen LogP contribution in [-0.4, -0.2) is 30.6 Å². The molecule has 3 fully saturated rings. The summed E-state index contributed by atoms with van der Waals surface area (Å²) in [6.45, 7) is 7.84. The molecule has 1 saturated heterocycles. The maximum Gasteiger partial charge on any atom is 0.122 e. The third kappa shape index (κ3) is 3.35. The predicted octanol–water partition coefficient (Wildman–Crippen LogP) is 5.09. The summed E-state index contributed by atoms with van der Waals surface area (Å²) in [6, 6.07) is 9.67. The third-order valence-corrected chi connectivity index (χ3v) is 6.63. The molecule has 1 heterocycles. The van der Waals surface area contributed by atoms with Gasteiger partial charge in [-0.15, -0.1) is 0 Å². The fraction of sp³-hybridized carbons (Fsp3) is 0.727. The zero-order valence-corrected chi connectivity index (χ0v) is 15.4. The summed E-state index contributed by atoms with van der Waals surface area (Å²) in [5.41, 5.74) is 1.45. The van der Waals surface area contributed by atoms with E-state index in [1.54, 1.807) is 0 Å². The van der Waals surface area contributed by atoms with Crippen molar-refractivity contribution in [1.29, 1.82) is 0 Å². The monoisotopic (exact) mass is 327 g/mol. The van der Waals surface area contributed by atoms with E-state index in [-0.39, 0.29) is 0 Å². The number of benzene rings is 1. The highest BCUT2D eigenvalue weighted by Gasteiger charge is 2.42. The van der Waals surface area contributed by atoms with Crippen LogP contribution in [0.4, 0.5) is 0 Å². The van der Waals surface area contributed by atoms with E-state index in [0.29, 0.717) is 11.8 Å². The van der Waals surface area contributed by atoms with Gasteiger partial charge < -0.3 is 9.64 Å². The number of hydrogen-bond donors (Lipinski definition) is 0. The van der Waals surface area contributed by atoms with E-state index >= 15 is 0 Å². The summed E-state index contributed by atoms with van der Waals surface area (Å²) in [5.74, 6) is 4.47. The van der Waals surface area contributed by atoms with Gasteiger partial charge in [0.1, 0.15) is 5.75 Å². The SMILES string of the molecule is CC(C)COc1ccccc1C1CCN([C@H]2C[C@H]3CC[C@H]2C3)CC1. The fourth-order valence-electron chi connectivity index (χ4n) is 5.41. The van der Waals surface area contributed by atoms with Crippen LogP contribution in [-0.2, 0) is 0 Å². The van der Waals surface area contributed by atoms with Gasteiger partial charge in [-0.25, -0.2) is 0 Å². The van der Waals surface area contributed by atoms with Crippen LogP contribution in [0.1, 0.15) is 63.9 Å². The lowest BCUT2D eigenvalue weighted by Gasteiger charge is -2.40. The Kier molecular flexibility index (Phi) is 4.85. The number of rotatable bonds is 5. The van der Waals surface area contributed by atoms with Gasteiger partial charge in [-0.1, -0.05) is 38.5 Å². The standard InChI is InChI=1S/C22H33NO/c1-16(2)15-24-22-6-4-3-5-20(22)18-9-11-23(12-10-18)21-14-17-7-8-19(21)13-17/h3-6,16-19,21H,7-15H2,1-2H3/t17-,19-,21-/m0/s1. The molecule has 2 nitrogen and oxygen atoms in total. The molecule has 4 rings (SSSR count). The number of hydrogen-bond acceptors (Lipinski definition) is 2. The van der Waals surface area contributed by atoms with Crippen LogP contribution >= 0.6 is 0 Å². The highest BCUT2D eigenvalue weighted by atomic mass is 16.5. The third-order valence-electron chi connectivity index (χ3n) is 6.63. The molecule has 132 valence electrons. The van der Waals surface area contributed by atoms with Crippen LogP contribution < -0.4 is 4.74 Å². The van der Waals surface area contributed by atoms with Crippen molar-refractivity contribution >= 4 is 0 Å². The van der Waals surface area contributed by atoms with Crippen molar-refractivity contribution in [3.05, 3.63) is 29.8 Å². The van der Waals surface area contributed by atoms with Crippen LogP contribution in [0.3, 0.4) is 0 Å². The van der Waals surface area contributed by atoms with E-state index in [9.17, 15) is 0 Å². The predicted molar refractivity (Wildman–Crippen MR) is 99.6 cm³/mol. The van der Waals surface area contributed by atoms with E-state index in [1.807, 2.05) is 0 Å². The van der Waals surface area contributed by atoms with Crippen molar-refractivity contribution in [2.24, 2.45) is 17.8 Å². The largest absolute Gasteiger partial charge is 0.493 e. The lowest BCUT2D eigenvalue weighted by atomic mass is 9.86. The molecule has 1 aromatic rings. The fourth-order valence-corrected chi connectivity index (χ4v) is 5.41. The molecule has 24 heavy (non-hydrogen) atoms. The maximum absolute atomic E-state index is 6.11. The Hall–Kier alpha value is -1.02. The van der Waals surface area contributed by atoms with Gasteiger partial charge in [0.05, 0.1) is 6.61 Å². The van der Waals surface area contributed by atoms with Gasteiger partial charge in [0.2, 0.25) is 0 Å². The normalized spacial score (nSPS) is 31.0. The highest BCUT2D eigenvalue weighted by molar-refractivity contribution is 5.36. The molecule has 3 atom stereocenters. The van der Waals surface area contributed by atoms with Crippen LogP contribution in [0.2, 0.25) is 0 Å². The molecule has 1 aromatic carbocycles. The first-order chi connectivity index (χ1) is 11.7. The first kappa shape index (κ1) is 16.4. The summed E-state index contributed by atoms with van der Waals surface area (Å²) >= 11 is 0. The van der Waals surface area contributed by atoms with Gasteiger partial charge >= 0.3 is 0 Å². The summed E-state index contributed by atoms with van der Waals surface area (Å²) < 4.78 is 6.11. The number of ether oxygens (including phenoxy) is 1. The van der Waals surface area contributed by atoms with E-state index in [2.05, 4.69) is 43.0 Å². The van der Waals surface area contributed by atoms with E-state index in [1.165, 1.54) is 57.2 Å². The average molecular weight is 328 g/mol. The Balaban J connectivity index is 1.37. The second-order valence-corrected chi connectivity index (χ2v) is 8.80. The van der Waals surface area contributed by atoms with E-state index in [4.69, 9.17) is 4.74 Å². The van der Waals surface area contributed by atoms with Gasteiger partial charge in [-0.3, -0.25) is 0 Å². The molecule has 0 unspecified atom stereocenters. The lowest BCUT2D eigenvalue weighted by Crippen LogP contribution is -2.43. The Morgan fingerprint density at radius 1 is 1.04 bits per heavy atom. The second-order valence-electron chi connectivity index (χ2n) is 8.80. The molecular weight excluding hydrogens is 294 g/mol. The van der Waals surface area contributed by atoms with E-state index in [0.717, 1.165) is 30.2 Å². The zero-order valence-electron chi connectivity index (χ0n) is 15.4. The van der Waals surface area contributed by atoms with Crippen LogP contribution in [0.15, 0.2) is 24.3 Å². The van der Waals surface area contributed by atoms with Crippen molar-refractivity contribution in [2.45, 2.75) is 64.3 Å². The van der Waals surface area contributed by atoms with Gasteiger partial charge in [0.25, 0.3) is 0 Å². The Morgan fingerprint density at radius 2 is 1.83 bits per heavy atom. The van der Waals surface area contributed by atoms with Crippen molar-refractivity contribution in [3.63, 3.8) is 0 Å². The zero-order chi connectivity index (χ0) is 16.5. The second kappa shape index (κ2) is 7.07. The molecule has 2 saturated carbocycles. The first-order valence-electron chi connectivity index (χ1n) is 10.2. The lowest BCUT2D eigenvalue weighted by molar-refractivity contribution is 0.110. The molecular formula is C22H33NO. The van der Waals surface area contributed by atoms with Gasteiger partial charge in [-0.2, -0.15) is 0 Å². The molecule has 2 heteroatoms. The molecule has 0 amide bonds. The molecule has 0 spiro atoms. The van der Waals surface area contributed by atoms with Crippen molar-refractivity contribution < 1.29 is 4.74 Å². The Morgan fingerprint density at radius 3 is 2.50 bits per heavy atom. The summed E-state index contributed by atoms with van der Waals surface area (Å²) in [6.07, 6.45) is 8.63. The minimum Gasteiger partial charge on any atom is -0.493 e. The van der Waals surface area contributed by atoms with Crippen LogP contribution in [0.5, 0.6) is 5.75 Å². The molecule has 2 bridgehead atoms. The molecule has 2 aliphatic carbocycles. The quantitative estimate of drug-likeness (QED) is 0.747. The number of piperidine rings is 1. The van der Waals surface area contributed by atoms with Gasteiger partial charge in [0, 0.05) is 6.04 Å². The highest BCUT2D eigenvalue weighted by Crippen LogP contribution is 2.47. The molecule has 0 aromatic heterocycles. The van der Waals surface area contributed by atoms with Crippen molar-refractivity contribution in [3.8, 4) is 5.75 Å². The summed E-state index contributed by atoms with van der Waals surface area (Å²) in [5, 5.41) is 0. The minimum absolute atomic E-state index is 0.581. The Bertz CT molecular complexity index is 547. The number of para-hydroxylation sites is 1. The molecule has 3 aliphatic rings. The average Bonchev–Trinajstić information content (AvgIpc) is 3.24. The molecule has 0 N–H and O–H groups in total. The van der Waals surface area contributed by atoms with Crippen molar-refractivity contribution in [2.75, 3.05) is 19.7 Å².